The molecule has 39 heavy (non-hydrogen) atoms. The van der Waals surface area contributed by atoms with Crippen molar-refractivity contribution in [2.75, 3.05) is 0 Å². The minimum atomic E-state index is -2.18. The second-order valence-corrected chi connectivity index (χ2v) is 13.1. The van der Waals surface area contributed by atoms with Crippen LogP contribution < -0.4 is 0 Å². The third-order valence-corrected chi connectivity index (χ3v) is 11.8. The number of benzene rings is 2. The van der Waals surface area contributed by atoms with Crippen LogP contribution in [0.4, 0.5) is 5.69 Å². The fraction of sp³-hybridized carbons (Fsp3) is 0.261. The number of alkyl halides is 4. The first kappa shape index (κ1) is 29.0. The van der Waals surface area contributed by atoms with E-state index in [2.05, 4.69) is 0 Å². The molecule has 2 fully saturated rings. The number of fused-ring (bicyclic) bond motifs is 5. The molecule has 2 aromatic carbocycles. The first-order valence-electron chi connectivity index (χ1n) is 10.8. The molecule has 0 radical (unpaired) electrons. The zero-order chi connectivity index (χ0) is 28.8. The van der Waals surface area contributed by atoms with Crippen molar-refractivity contribution in [3.63, 3.8) is 0 Å². The van der Waals surface area contributed by atoms with Gasteiger partial charge in [-0.1, -0.05) is 69.6 Å². The number of carbonyl (C=O) groups excluding carboxylic acids is 3. The molecule has 1 aliphatic heterocycles. The van der Waals surface area contributed by atoms with Gasteiger partial charge in [0.2, 0.25) is 0 Å². The van der Waals surface area contributed by atoms with Crippen LogP contribution in [-0.2, 0) is 16.1 Å². The summed E-state index contributed by atoms with van der Waals surface area (Å²) in [6.45, 7) is -0.599. The maximum absolute atomic E-state index is 13.9. The fourth-order valence-electron chi connectivity index (χ4n) is 5.20. The minimum absolute atomic E-state index is 0.0102. The highest BCUT2D eigenvalue weighted by Gasteiger charge is 2.88. The van der Waals surface area contributed by atoms with E-state index in [0.717, 1.165) is 11.1 Å². The fourth-order valence-corrected chi connectivity index (χ4v) is 8.42. The number of nitrogens with zero attached hydrogens (tertiary/aromatic N) is 3. The van der Waals surface area contributed by atoms with E-state index in [9.17, 15) is 24.5 Å². The summed E-state index contributed by atoms with van der Waals surface area (Å²) in [6.07, 6.45) is 0. The molecule has 1 heterocycles. The number of imide groups is 1. The van der Waals surface area contributed by atoms with Gasteiger partial charge in [0.15, 0.2) is 4.33 Å². The van der Waals surface area contributed by atoms with Crippen LogP contribution >= 0.6 is 92.8 Å². The van der Waals surface area contributed by atoms with Crippen molar-refractivity contribution in [3.8, 4) is 0 Å². The Morgan fingerprint density at radius 2 is 1.36 bits per heavy atom. The molecule has 5 rings (SSSR count). The zero-order valence-electron chi connectivity index (χ0n) is 18.8. The van der Waals surface area contributed by atoms with Gasteiger partial charge in [-0.25, -0.2) is 5.01 Å². The molecular formula is C23H11Cl8N3O5. The SMILES string of the molecule is O=C(c1ccc(Cl)cc1)N(Cc1ccc(Cl)cc1[N+](=O)[O-])N1C(=O)[C@H]2[C@H](C1=O)[C@@]1(Cl)C(Cl)=C(Cl)[C@@]2(Cl)C1(Cl)Cl. The molecule has 0 N–H and O–H groups in total. The van der Waals surface area contributed by atoms with Crippen molar-refractivity contribution in [2.45, 2.75) is 20.6 Å². The number of allylic oxidation sites excluding steroid dienone is 2. The predicted octanol–water partition coefficient (Wildman–Crippen LogP) is 6.91. The number of halogens is 8. The van der Waals surface area contributed by atoms with Crippen molar-refractivity contribution < 1.29 is 19.3 Å². The van der Waals surface area contributed by atoms with Crippen molar-refractivity contribution >= 4 is 116 Å². The lowest BCUT2D eigenvalue weighted by atomic mass is 9.84. The quantitative estimate of drug-likeness (QED) is 0.147. The molecule has 1 saturated heterocycles. The maximum atomic E-state index is 13.9. The minimum Gasteiger partial charge on any atom is -0.272 e. The monoisotopic (exact) mass is 689 g/mol. The summed E-state index contributed by atoms with van der Waals surface area (Å²) in [7, 11) is 0. The van der Waals surface area contributed by atoms with E-state index in [1.807, 2.05) is 0 Å². The summed E-state index contributed by atoms with van der Waals surface area (Å²) < 4.78 is -2.18. The first-order chi connectivity index (χ1) is 18.1. The summed E-state index contributed by atoms with van der Waals surface area (Å²) in [5.74, 6) is -5.92. The van der Waals surface area contributed by atoms with E-state index in [4.69, 9.17) is 92.8 Å². The Morgan fingerprint density at radius 1 is 0.872 bits per heavy atom. The molecule has 2 aromatic rings. The van der Waals surface area contributed by atoms with Gasteiger partial charge in [0.25, 0.3) is 23.4 Å². The molecule has 0 unspecified atom stereocenters. The Kier molecular flexibility index (Phi) is 7.09. The average Bonchev–Trinajstić information content (AvgIpc) is 3.26. The second-order valence-electron chi connectivity index (χ2n) is 8.97. The van der Waals surface area contributed by atoms with Gasteiger partial charge in [-0.05, 0) is 36.4 Å². The lowest BCUT2D eigenvalue weighted by Crippen LogP contribution is -2.55. The zero-order valence-corrected chi connectivity index (χ0v) is 24.9. The molecule has 0 aromatic heterocycles. The molecule has 2 aliphatic carbocycles. The number of hydrogen-bond donors (Lipinski definition) is 0. The molecule has 16 heteroatoms. The third-order valence-electron chi connectivity index (χ3n) is 7.02. The van der Waals surface area contributed by atoms with Gasteiger partial charge in [-0.3, -0.25) is 24.5 Å². The van der Waals surface area contributed by atoms with Crippen LogP contribution in [0, 0.1) is 22.0 Å². The van der Waals surface area contributed by atoms with E-state index >= 15 is 0 Å². The Morgan fingerprint density at radius 3 is 1.85 bits per heavy atom. The largest absolute Gasteiger partial charge is 0.275 e. The molecule has 4 atom stereocenters. The van der Waals surface area contributed by atoms with Gasteiger partial charge < -0.3 is 0 Å². The molecule has 204 valence electrons. The molecule has 3 aliphatic rings. The highest BCUT2D eigenvalue weighted by Crippen LogP contribution is 2.77. The Bertz CT molecular complexity index is 1470. The third kappa shape index (κ3) is 3.76. The van der Waals surface area contributed by atoms with Gasteiger partial charge in [0.1, 0.15) is 9.75 Å². The van der Waals surface area contributed by atoms with Gasteiger partial charge in [-0.15, -0.1) is 23.2 Å². The molecule has 2 bridgehead atoms. The molecule has 8 nitrogen and oxygen atoms in total. The molecule has 0 spiro atoms. The number of amides is 3. The maximum Gasteiger partial charge on any atom is 0.275 e. The van der Waals surface area contributed by atoms with Crippen LogP contribution in [0.15, 0.2) is 52.5 Å². The lowest BCUT2D eigenvalue weighted by molar-refractivity contribution is -0.385. The number of hydrogen-bond acceptors (Lipinski definition) is 5. The highest BCUT2D eigenvalue weighted by atomic mass is 35.5. The number of nitro benzene ring substituents is 1. The number of rotatable bonds is 5. The number of nitro groups is 1. The predicted molar refractivity (Wildman–Crippen MR) is 149 cm³/mol. The smallest absolute Gasteiger partial charge is 0.272 e. The van der Waals surface area contributed by atoms with E-state index in [0.29, 0.717) is 10.0 Å². The second kappa shape index (κ2) is 9.53. The molecule has 3 amide bonds. The topological polar surface area (TPSA) is 101 Å². The highest BCUT2D eigenvalue weighted by molar-refractivity contribution is 6.66. The number of carbonyl (C=O) groups is 3. The Hall–Kier alpha value is -1.49. The van der Waals surface area contributed by atoms with Crippen molar-refractivity contribution in [1.29, 1.82) is 0 Å². The van der Waals surface area contributed by atoms with E-state index in [-0.39, 0.29) is 26.2 Å². The van der Waals surface area contributed by atoms with Crippen LogP contribution in [-0.4, -0.2) is 46.7 Å². The van der Waals surface area contributed by atoms with Crippen LogP contribution in [0.3, 0.4) is 0 Å². The molecular weight excluding hydrogens is 682 g/mol. The van der Waals surface area contributed by atoms with Gasteiger partial charge in [-0.2, -0.15) is 5.01 Å². The van der Waals surface area contributed by atoms with Crippen molar-refractivity contribution in [3.05, 3.63) is 83.8 Å². The van der Waals surface area contributed by atoms with E-state index in [1.165, 1.54) is 36.4 Å². The first-order valence-corrected chi connectivity index (χ1v) is 13.8. The van der Waals surface area contributed by atoms with Gasteiger partial charge in [0, 0.05) is 21.7 Å². The van der Waals surface area contributed by atoms with Crippen LogP contribution in [0.2, 0.25) is 10.0 Å². The summed E-state index contributed by atoms with van der Waals surface area (Å²) in [6, 6.07) is 9.27. The Labute approximate surface area is 260 Å². The Balaban J connectivity index is 1.65. The molecule has 1 saturated carbocycles. The summed E-state index contributed by atoms with van der Waals surface area (Å²) in [5, 5.41) is 12.8. The van der Waals surface area contributed by atoms with Crippen LogP contribution in [0.1, 0.15) is 15.9 Å². The van der Waals surface area contributed by atoms with Crippen LogP contribution in [0.5, 0.6) is 0 Å². The van der Waals surface area contributed by atoms with E-state index in [1.54, 1.807) is 0 Å². The number of hydrazine groups is 1. The van der Waals surface area contributed by atoms with E-state index < -0.39 is 60.8 Å². The normalized spacial score (nSPS) is 28.8. The summed E-state index contributed by atoms with van der Waals surface area (Å²) >= 11 is 51.2. The summed E-state index contributed by atoms with van der Waals surface area (Å²) in [4.78, 5) is 48.4. The van der Waals surface area contributed by atoms with Crippen molar-refractivity contribution in [1.82, 2.24) is 10.0 Å². The standard InChI is InChI=1S/C23H11Cl8N3O5/c24-11-4-1-9(2-5-11)18(35)32(8-10-3-6-12(25)7-13(10)34(38)39)33-19(36)14-15(20(33)37)22(29)17(27)16(26)21(14,28)23(22,30)31/h1-7,14-15H,8H2/t14-,15-,21-,22-/m1/s1. The van der Waals surface area contributed by atoms with Gasteiger partial charge >= 0.3 is 0 Å². The van der Waals surface area contributed by atoms with Gasteiger partial charge in [0.05, 0.1) is 38.9 Å². The van der Waals surface area contributed by atoms with Crippen molar-refractivity contribution in [2.24, 2.45) is 11.8 Å². The summed E-state index contributed by atoms with van der Waals surface area (Å²) in [5.41, 5.74) is -0.477. The lowest BCUT2D eigenvalue weighted by Gasteiger charge is -2.37. The van der Waals surface area contributed by atoms with Crippen LogP contribution in [0.25, 0.3) is 0 Å². The average molecular weight is 693 g/mol.